The number of nitrogens with zero attached hydrogens (tertiary/aromatic N) is 2. The van der Waals surface area contributed by atoms with Gasteiger partial charge in [-0.3, -0.25) is 0 Å². The van der Waals surface area contributed by atoms with E-state index in [1.807, 2.05) is 12.4 Å². The largest absolute Gasteiger partial charge is 0.249 e. The minimum atomic E-state index is 0.725. The molecular formula is C14H15N2+. The van der Waals surface area contributed by atoms with Gasteiger partial charge in [0.1, 0.15) is 5.69 Å². The summed E-state index contributed by atoms with van der Waals surface area (Å²) in [6.07, 6.45) is 8.75. The maximum Gasteiger partial charge on any atom is 0.191 e. The predicted molar refractivity (Wildman–Crippen MR) is 62.0 cm³/mol. The average Bonchev–Trinajstić information content (AvgIpc) is 3.15. The third-order valence-electron chi connectivity index (χ3n) is 2.98. The van der Waals surface area contributed by atoms with E-state index in [9.17, 15) is 0 Å². The molecule has 0 amide bonds. The van der Waals surface area contributed by atoms with Gasteiger partial charge in [0.15, 0.2) is 18.9 Å². The van der Waals surface area contributed by atoms with Crippen molar-refractivity contribution in [3.63, 3.8) is 0 Å². The Morgan fingerprint density at radius 3 is 2.75 bits per heavy atom. The molecule has 0 bridgehead atoms. The molecule has 1 aromatic heterocycles. The van der Waals surface area contributed by atoms with E-state index in [1.54, 1.807) is 0 Å². The Morgan fingerprint density at radius 1 is 1.19 bits per heavy atom. The molecule has 0 N–H and O–H groups in total. The number of benzene rings is 1. The summed E-state index contributed by atoms with van der Waals surface area (Å²) < 4.78 is 2.22. The molecule has 1 aromatic carbocycles. The third-order valence-corrected chi connectivity index (χ3v) is 2.98. The Labute approximate surface area is 95.6 Å². The maximum absolute atomic E-state index is 4.42. The van der Waals surface area contributed by atoms with Gasteiger partial charge in [0, 0.05) is 11.5 Å². The van der Waals surface area contributed by atoms with Gasteiger partial charge >= 0.3 is 0 Å². The summed E-state index contributed by atoms with van der Waals surface area (Å²) in [7, 11) is 0. The van der Waals surface area contributed by atoms with Crippen molar-refractivity contribution >= 4 is 0 Å². The molecule has 1 aliphatic rings. The van der Waals surface area contributed by atoms with Crippen molar-refractivity contribution in [3.8, 4) is 0 Å². The highest BCUT2D eigenvalue weighted by atomic mass is 15.0. The Bertz CT molecular complexity index is 475. The molecule has 0 radical (unpaired) electrons. The van der Waals surface area contributed by atoms with E-state index in [0.717, 1.165) is 12.5 Å². The first-order chi connectivity index (χ1) is 7.92. The predicted octanol–water partition coefficient (Wildman–Crippen LogP) is 2.29. The molecule has 0 aliphatic heterocycles. The molecule has 0 saturated heterocycles. The lowest BCUT2D eigenvalue weighted by Crippen LogP contribution is -2.34. The maximum atomic E-state index is 4.42. The van der Waals surface area contributed by atoms with Crippen molar-refractivity contribution < 1.29 is 4.57 Å². The topological polar surface area (TPSA) is 16.8 Å². The van der Waals surface area contributed by atoms with Crippen molar-refractivity contribution in [1.82, 2.24) is 4.98 Å². The van der Waals surface area contributed by atoms with Crippen molar-refractivity contribution in [2.24, 2.45) is 0 Å². The lowest BCUT2D eigenvalue weighted by Gasteiger charge is -1.99. The lowest BCUT2D eigenvalue weighted by atomic mass is 10.2. The van der Waals surface area contributed by atoms with E-state index < -0.39 is 0 Å². The zero-order valence-corrected chi connectivity index (χ0v) is 9.21. The second-order valence-electron chi connectivity index (χ2n) is 4.41. The molecule has 80 valence electrons. The molecule has 0 spiro atoms. The summed E-state index contributed by atoms with van der Waals surface area (Å²) in [5.41, 5.74) is 2.58. The summed E-state index contributed by atoms with van der Waals surface area (Å²) in [4.78, 5) is 4.42. The summed E-state index contributed by atoms with van der Waals surface area (Å²) in [6, 6.07) is 10.5. The van der Waals surface area contributed by atoms with Crippen LogP contribution in [0.4, 0.5) is 0 Å². The first kappa shape index (κ1) is 9.52. The van der Waals surface area contributed by atoms with Gasteiger partial charge in [-0.25, -0.2) is 4.98 Å². The number of aromatic nitrogens is 2. The van der Waals surface area contributed by atoms with Gasteiger partial charge in [0.25, 0.3) is 0 Å². The van der Waals surface area contributed by atoms with E-state index in [-0.39, 0.29) is 0 Å². The van der Waals surface area contributed by atoms with Crippen LogP contribution in [-0.2, 0) is 6.54 Å². The van der Waals surface area contributed by atoms with E-state index in [1.165, 1.54) is 24.1 Å². The van der Waals surface area contributed by atoms with Crippen LogP contribution in [0.5, 0.6) is 0 Å². The van der Waals surface area contributed by atoms with Crippen LogP contribution in [0.25, 0.3) is 0 Å². The second-order valence-corrected chi connectivity index (χ2v) is 4.41. The quantitative estimate of drug-likeness (QED) is 0.712. The van der Waals surface area contributed by atoms with Gasteiger partial charge in [-0.15, -0.1) is 0 Å². The van der Waals surface area contributed by atoms with Crippen LogP contribution in [0.15, 0.2) is 48.9 Å². The normalized spacial score (nSPS) is 15.0. The van der Waals surface area contributed by atoms with Gasteiger partial charge in [-0.1, -0.05) is 30.3 Å². The van der Waals surface area contributed by atoms with Crippen LogP contribution in [0.1, 0.15) is 30.0 Å². The molecule has 3 rings (SSSR count). The first-order valence-electron chi connectivity index (χ1n) is 5.81. The minimum absolute atomic E-state index is 0.725. The third kappa shape index (κ3) is 2.11. The van der Waals surface area contributed by atoms with E-state index in [4.69, 9.17) is 0 Å². The van der Waals surface area contributed by atoms with Crippen LogP contribution in [0.2, 0.25) is 0 Å². The highest BCUT2D eigenvalue weighted by Gasteiger charge is 2.27. The Kier molecular flexibility index (Phi) is 2.41. The Hall–Kier alpha value is -1.70. The lowest BCUT2D eigenvalue weighted by molar-refractivity contribution is -0.689. The van der Waals surface area contributed by atoms with Gasteiger partial charge in [-0.05, 0) is 12.8 Å². The van der Waals surface area contributed by atoms with Crippen LogP contribution in [0.3, 0.4) is 0 Å². The molecule has 1 aliphatic carbocycles. The van der Waals surface area contributed by atoms with E-state index in [2.05, 4.69) is 46.1 Å². The zero-order valence-electron chi connectivity index (χ0n) is 9.21. The molecule has 16 heavy (non-hydrogen) atoms. The highest BCUT2D eigenvalue weighted by molar-refractivity contribution is 5.13. The standard InChI is InChI=1S/C14H15N2/c1-2-4-12(5-3-1)10-16-9-8-15-14(11-16)13-6-7-13/h1-5,8-9,11,13H,6-7,10H2/q+1. The molecule has 2 nitrogen and oxygen atoms in total. The first-order valence-corrected chi connectivity index (χ1v) is 5.81. The molecule has 1 heterocycles. The number of hydrogen-bond donors (Lipinski definition) is 0. The fourth-order valence-corrected chi connectivity index (χ4v) is 1.93. The fourth-order valence-electron chi connectivity index (χ4n) is 1.93. The monoisotopic (exact) mass is 211 g/mol. The van der Waals surface area contributed by atoms with Gasteiger partial charge in [0.05, 0.1) is 6.20 Å². The van der Waals surface area contributed by atoms with Crippen molar-refractivity contribution in [1.29, 1.82) is 0 Å². The van der Waals surface area contributed by atoms with Crippen LogP contribution < -0.4 is 4.57 Å². The molecule has 0 atom stereocenters. The van der Waals surface area contributed by atoms with Crippen LogP contribution >= 0.6 is 0 Å². The Morgan fingerprint density at radius 2 is 2.00 bits per heavy atom. The summed E-state index contributed by atoms with van der Waals surface area (Å²) in [6.45, 7) is 0.934. The summed E-state index contributed by atoms with van der Waals surface area (Å²) in [5.74, 6) is 0.725. The molecule has 1 saturated carbocycles. The summed E-state index contributed by atoms with van der Waals surface area (Å²) in [5, 5.41) is 0. The molecule has 0 unspecified atom stereocenters. The second kappa shape index (κ2) is 4.05. The van der Waals surface area contributed by atoms with E-state index >= 15 is 0 Å². The average molecular weight is 211 g/mol. The summed E-state index contributed by atoms with van der Waals surface area (Å²) >= 11 is 0. The fraction of sp³-hybridized carbons (Fsp3) is 0.286. The highest BCUT2D eigenvalue weighted by Crippen LogP contribution is 2.38. The van der Waals surface area contributed by atoms with Gasteiger partial charge < -0.3 is 0 Å². The van der Waals surface area contributed by atoms with E-state index in [0.29, 0.717) is 0 Å². The van der Waals surface area contributed by atoms with Gasteiger partial charge in [0.2, 0.25) is 0 Å². The molecule has 2 heteroatoms. The minimum Gasteiger partial charge on any atom is -0.249 e. The molecular weight excluding hydrogens is 196 g/mol. The SMILES string of the molecule is c1ccc(C[n+]2ccnc(C3CC3)c2)cc1. The van der Waals surface area contributed by atoms with Crippen molar-refractivity contribution in [3.05, 3.63) is 60.2 Å². The number of hydrogen-bond acceptors (Lipinski definition) is 1. The van der Waals surface area contributed by atoms with Crippen LogP contribution in [-0.4, -0.2) is 4.98 Å². The smallest absolute Gasteiger partial charge is 0.191 e. The van der Waals surface area contributed by atoms with Crippen LogP contribution in [0, 0.1) is 0 Å². The molecule has 1 fully saturated rings. The molecule has 2 aromatic rings. The van der Waals surface area contributed by atoms with Crippen molar-refractivity contribution in [2.75, 3.05) is 0 Å². The van der Waals surface area contributed by atoms with Crippen molar-refractivity contribution in [2.45, 2.75) is 25.3 Å². The number of rotatable bonds is 3. The Balaban J connectivity index is 1.81. The van der Waals surface area contributed by atoms with Gasteiger partial charge in [-0.2, -0.15) is 4.57 Å². The zero-order chi connectivity index (χ0) is 10.8.